The molecule has 0 spiro atoms. The van der Waals surface area contributed by atoms with Crippen LogP contribution in [0, 0.1) is 16.7 Å². The molecular weight excluding hydrogens is 246 g/mol. The summed E-state index contributed by atoms with van der Waals surface area (Å²) in [6.45, 7) is 3.22. The van der Waals surface area contributed by atoms with Crippen molar-refractivity contribution in [1.82, 2.24) is 4.98 Å². The molecule has 0 aliphatic heterocycles. The summed E-state index contributed by atoms with van der Waals surface area (Å²) in [4.78, 5) is 4.62. The van der Waals surface area contributed by atoms with Crippen molar-refractivity contribution in [2.75, 3.05) is 11.9 Å². The standard InChI is InChI=1S/C17H19N3/c1-2-17(8-5-9-17)12-19-16-10-13(11-18)14-6-3-4-7-15(14)20-16/h3-4,6-7,10H,2,5,8-9,12H2,1H3,(H,19,20). The van der Waals surface area contributed by atoms with Gasteiger partial charge in [0.05, 0.1) is 17.1 Å². The Morgan fingerprint density at radius 2 is 2.15 bits per heavy atom. The highest BCUT2D eigenvalue weighted by atomic mass is 15.0. The zero-order valence-electron chi connectivity index (χ0n) is 11.8. The summed E-state index contributed by atoms with van der Waals surface area (Å²) in [5.74, 6) is 0.819. The highest BCUT2D eigenvalue weighted by molar-refractivity contribution is 5.86. The fraction of sp³-hybridized carbons (Fsp3) is 0.412. The van der Waals surface area contributed by atoms with Crippen LogP contribution in [0.25, 0.3) is 10.9 Å². The zero-order valence-corrected chi connectivity index (χ0v) is 11.8. The molecule has 0 radical (unpaired) electrons. The number of rotatable bonds is 4. The molecule has 1 N–H and O–H groups in total. The fourth-order valence-electron chi connectivity index (χ4n) is 2.97. The first-order chi connectivity index (χ1) is 9.76. The number of aromatic nitrogens is 1. The maximum Gasteiger partial charge on any atom is 0.128 e. The third-order valence-corrected chi connectivity index (χ3v) is 4.65. The Bertz CT molecular complexity index is 660. The molecule has 1 aromatic carbocycles. The number of nitriles is 1. The third kappa shape index (κ3) is 2.22. The number of fused-ring (bicyclic) bond motifs is 1. The molecule has 0 saturated heterocycles. The fourth-order valence-corrected chi connectivity index (χ4v) is 2.97. The van der Waals surface area contributed by atoms with E-state index in [1.807, 2.05) is 30.3 Å². The van der Waals surface area contributed by atoms with Gasteiger partial charge in [-0.05, 0) is 36.8 Å². The Hall–Kier alpha value is -2.08. The zero-order chi connectivity index (χ0) is 14.0. The first kappa shape index (κ1) is 12.9. The summed E-state index contributed by atoms with van der Waals surface area (Å²) in [5, 5.41) is 13.7. The van der Waals surface area contributed by atoms with E-state index in [0.29, 0.717) is 11.0 Å². The van der Waals surface area contributed by atoms with E-state index < -0.39 is 0 Å². The summed E-state index contributed by atoms with van der Waals surface area (Å²) < 4.78 is 0. The Kier molecular flexibility index (Phi) is 3.31. The van der Waals surface area contributed by atoms with E-state index in [2.05, 4.69) is 23.3 Å². The van der Waals surface area contributed by atoms with Crippen LogP contribution in [0.4, 0.5) is 5.82 Å². The average Bonchev–Trinajstić information content (AvgIpc) is 2.45. The number of anilines is 1. The molecule has 1 heterocycles. The van der Waals surface area contributed by atoms with Gasteiger partial charge in [-0.15, -0.1) is 0 Å². The van der Waals surface area contributed by atoms with E-state index >= 15 is 0 Å². The van der Waals surface area contributed by atoms with Crippen LogP contribution in [-0.4, -0.2) is 11.5 Å². The summed E-state index contributed by atoms with van der Waals surface area (Å²) in [6.07, 6.45) is 5.15. The quantitative estimate of drug-likeness (QED) is 0.905. The van der Waals surface area contributed by atoms with Gasteiger partial charge in [0.25, 0.3) is 0 Å². The van der Waals surface area contributed by atoms with Crippen molar-refractivity contribution in [3.8, 4) is 6.07 Å². The molecule has 3 rings (SSSR count). The van der Waals surface area contributed by atoms with Crippen LogP contribution >= 0.6 is 0 Å². The predicted octanol–water partition coefficient (Wildman–Crippen LogP) is 4.10. The molecule has 0 unspecified atom stereocenters. The van der Waals surface area contributed by atoms with Crippen molar-refractivity contribution < 1.29 is 0 Å². The molecule has 3 nitrogen and oxygen atoms in total. The van der Waals surface area contributed by atoms with Gasteiger partial charge in [0, 0.05) is 11.9 Å². The minimum Gasteiger partial charge on any atom is -0.369 e. The van der Waals surface area contributed by atoms with E-state index in [0.717, 1.165) is 23.3 Å². The maximum atomic E-state index is 9.29. The molecule has 0 atom stereocenters. The van der Waals surface area contributed by atoms with E-state index in [1.54, 1.807) is 0 Å². The first-order valence-corrected chi connectivity index (χ1v) is 7.30. The van der Waals surface area contributed by atoms with Crippen LogP contribution in [-0.2, 0) is 0 Å². The van der Waals surface area contributed by atoms with E-state index in [4.69, 9.17) is 0 Å². The summed E-state index contributed by atoms with van der Waals surface area (Å²) >= 11 is 0. The minimum atomic E-state index is 0.445. The number of nitrogens with one attached hydrogen (secondary N) is 1. The maximum absolute atomic E-state index is 9.29. The van der Waals surface area contributed by atoms with Crippen LogP contribution in [0.5, 0.6) is 0 Å². The second-order valence-corrected chi connectivity index (χ2v) is 5.74. The molecule has 1 fully saturated rings. The SMILES string of the molecule is CCC1(CNc2cc(C#N)c3ccccc3n2)CCC1. The molecule has 1 saturated carbocycles. The Balaban J connectivity index is 1.87. The van der Waals surface area contributed by atoms with Gasteiger partial charge in [-0.3, -0.25) is 0 Å². The molecular formula is C17H19N3. The summed E-state index contributed by atoms with van der Waals surface area (Å²) in [6, 6.07) is 11.9. The van der Waals surface area contributed by atoms with Crippen LogP contribution < -0.4 is 5.32 Å². The van der Waals surface area contributed by atoms with Crippen molar-refractivity contribution in [2.45, 2.75) is 32.6 Å². The molecule has 1 aliphatic rings. The Morgan fingerprint density at radius 1 is 1.35 bits per heavy atom. The molecule has 2 aromatic rings. The van der Waals surface area contributed by atoms with Crippen molar-refractivity contribution in [3.63, 3.8) is 0 Å². The van der Waals surface area contributed by atoms with Crippen LogP contribution in [0.3, 0.4) is 0 Å². The largest absolute Gasteiger partial charge is 0.369 e. The summed E-state index contributed by atoms with van der Waals surface area (Å²) in [7, 11) is 0. The second kappa shape index (κ2) is 5.13. The summed E-state index contributed by atoms with van der Waals surface area (Å²) in [5.41, 5.74) is 2.02. The molecule has 20 heavy (non-hydrogen) atoms. The number of nitrogens with zero attached hydrogens (tertiary/aromatic N) is 2. The van der Waals surface area contributed by atoms with Gasteiger partial charge < -0.3 is 5.32 Å². The number of hydrogen-bond acceptors (Lipinski definition) is 3. The van der Waals surface area contributed by atoms with Crippen molar-refractivity contribution in [1.29, 1.82) is 5.26 Å². The Labute approximate surface area is 119 Å². The lowest BCUT2D eigenvalue weighted by atomic mass is 9.67. The smallest absolute Gasteiger partial charge is 0.128 e. The number of benzene rings is 1. The molecule has 0 amide bonds. The van der Waals surface area contributed by atoms with Crippen LogP contribution in [0.15, 0.2) is 30.3 Å². The normalized spacial score (nSPS) is 16.4. The van der Waals surface area contributed by atoms with Gasteiger partial charge in [0.2, 0.25) is 0 Å². The number of hydrogen-bond donors (Lipinski definition) is 1. The third-order valence-electron chi connectivity index (χ3n) is 4.65. The van der Waals surface area contributed by atoms with E-state index in [9.17, 15) is 5.26 Å². The lowest BCUT2D eigenvalue weighted by Gasteiger charge is -2.41. The van der Waals surface area contributed by atoms with Gasteiger partial charge in [-0.25, -0.2) is 4.98 Å². The molecule has 1 aliphatic carbocycles. The van der Waals surface area contributed by atoms with Gasteiger partial charge in [-0.1, -0.05) is 31.5 Å². The Morgan fingerprint density at radius 3 is 2.80 bits per heavy atom. The van der Waals surface area contributed by atoms with E-state index in [1.165, 1.54) is 25.7 Å². The van der Waals surface area contributed by atoms with Crippen LogP contribution in [0.1, 0.15) is 38.2 Å². The van der Waals surface area contributed by atoms with Crippen molar-refractivity contribution in [2.24, 2.45) is 5.41 Å². The molecule has 102 valence electrons. The van der Waals surface area contributed by atoms with Crippen LogP contribution in [0.2, 0.25) is 0 Å². The minimum absolute atomic E-state index is 0.445. The average molecular weight is 265 g/mol. The first-order valence-electron chi connectivity index (χ1n) is 7.30. The molecule has 1 aromatic heterocycles. The number of pyridine rings is 1. The molecule has 3 heteroatoms. The van der Waals surface area contributed by atoms with Gasteiger partial charge >= 0.3 is 0 Å². The van der Waals surface area contributed by atoms with Crippen molar-refractivity contribution in [3.05, 3.63) is 35.9 Å². The topological polar surface area (TPSA) is 48.7 Å². The van der Waals surface area contributed by atoms with Crippen molar-refractivity contribution >= 4 is 16.7 Å². The number of para-hydroxylation sites is 1. The van der Waals surface area contributed by atoms with E-state index in [-0.39, 0.29) is 0 Å². The lowest BCUT2D eigenvalue weighted by molar-refractivity contribution is 0.145. The highest BCUT2D eigenvalue weighted by Gasteiger charge is 2.34. The predicted molar refractivity (Wildman–Crippen MR) is 81.5 cm³/mol. The van der Waals surface area contributed by atoms with Gasteiger partial charge in [0.1, 0.15) is 5.82 Å². The highest BCUT2D eigenvalue weighted by Crippen LogP contribution is 2.43. The van der Waals surface area contributed by atoms with Gasteiger partial charge in [-0.2, -0.15) is 5.26 Å². The lowest BCUT2D eigenvalue weighted by Crippen LogP contribution is -2.36. The molecule has 0 bridgehead atoms. The second-order valence-electron chi connectivity index (χ2n) is 5.74. The monoisotopic (exact) mass is 265 g/mol. The van der Waals surface area contributed by atoms with Gasteiger partial charge in [0.15, 0.2) is 0 Å².